The van der Waals surface area contributed by atoms with Gasteiger partial charge in [0.25, 0.3) is 5.91 Å². The van der Waals surface area contributed by atoms with Crippen molar-refractivity contribution in [2.24, 2.45) is 11.1 Å². The topological polar surface area (TPSA) is 151 Å². The molecule has 0 unspecified atom stereocenters. The van der Waals surface area contributed by atoms with Gasteiger partial charge in [-0.2, -0.15) is 0 Å². The first-order valence-electron chi connectivity index (χ1n) is 11.6. The Balaban J connectivity index is 2.16. The molecule has 1 amide bonds. The second kappa shape index (κ2) is 12.8. The minimum absolute atomic E-state index is 0.0155. The van der Waals surface area contributed by atoms with Crippen molar-refractivity contribution in [3.05, 3.63) is 70.8 Å². The Morgan fingerprint density at radius 3 is 2.27 bits per heavy atom. The van der Waals surface area contributed by atoms with Crippen LogP contribution in [0.4, 0.5) is 4.79 Å². The van der Waals surface area contributed by atoms with Gasteiger partial charge >= 0.3 is 18.1 Å². The number of methoxy groups -OCH3 is 1. The summed E-state index contributed by atoms with van der Waals surface area (Å²) in [6.45, 7) is 5.02. The molecule has 0 saturated heterocycles. The molecule has 0 heterocycles. The highest BCUT2D eigenvalue weighted by atomic mass is 16.7. The minimum Gasteiger partial charge on any atom is -0.469 e. The standard InChI is InChI=1S/C27H32N2O8/c1-26(2,3)27(28,15-23(32)37-25(34)36-17-18-8-6-5-7-9-18)29-24(33)21-14-19(16-30)10-11-20(21)12-13-22(31)35-4/h5-11,14,16H,12-13,15,17,28H2,1-4H3,(H,29,33)/t27-/m0/s1. The van der Waals surface area contributed by atoms with E-state index in [-0.39, 0.29) is 30.6 Å². The van der Waals surface area contributed by atoms with Crippen LogP contribution in [0.1, 0.15) is 65.5 Å². The Morgan fingerprint density at radius 1 is 1.00 bits per heavy atom. The molecule has 0 bridgehead atoms. The maximum atomic E-state index is 13.3. The first-order chi connectivity index (χ1) is 17.4. The number of hydrogen-bond acceptors (Lipinski definition) is 9. The smallest absolute Gasteiger partial charge is 0.469 e. The second-order valence-corrected chi connectivity index (χ2v) is 9.46. The van der Waals surface area contributed by atoms with Crippen LogP contribution in [-0.2, 0) is 36.8 Å². The summed E-state index contributed by atoms with van der Waals surface area (Å²) in [6.07, 6.45) is -0.967. The molecule has 37 heavy (non-hydrogen) atoms. The fourth-order valence-corrected chi connectivity index (χ4v) is 3.30. The highest BCUT2D eigenvalue weighted by molar-refractivity contribution is 5.98. The average molecular weight is 513 g/mol. The summed E-state index contributed by atoms with van der Waals surface area (Å²) in [5.74, 6) is -2.13. The molecule has 0 aromatic heterocycles. The van der Waals surface area contributed by atoms with Crippen LogP contribution in [0.25, 0.3) is 0 Å². The Bertz CT molecular complexity index is 1140. The second-order valence-electron chi connectivity index (χ2n) is 9.46. The van der Waals surface area contributed by atoms with Crippen molar-refractivity contribution in [2.45, 2.75) is 52.3 Å². The van der Waals surface area contributed by atoms with E-state index >= 15 is 0 Å². The van der Waals surface area contributed by atoms with Crippen LogP contribution in [0.5, 0.6) is 0 Å². The number of nitrogens with one attached hydrogen (secondary N) is 1. The van der Waals surface area contributed by atoms with Crippen molar-refractivity contribution in [3.8, 4) is 0 Å². The van der Waals surface area contributed by atoms with Crippen LogP contribution in [-0.4, -0.2) is 43.1 Å². The Labute approximate surface area is 215 Å². The lowest BCUT2D eigenvalue weighted by Gasteiger charge is -2.41. The maximum Gasteiger partial charge on any atom is 0.516 e. The van der Waals surface area contributed by atoms with E-state index in [1.54, 1.807) is 51.1 Å². The zero-order valence-electron chi connectivity index (χ0n) is 21.4. The predicted molar refractivity (Wildman–Crippen MR) is 133 cm³/mol. The van der Waals surface area contributed by atoms with Gasteiger partial charge in [-0.15, -0.1) is 0 Å². The molecule has 10 heteroatoms. The van der Waals surface area contributed by atoms with E-state index in [1.807, 2.05) is 6.07 Å². The van der Waals surface area contributed by atoms with Gasteiger partial charge in [0.05, 0.1) is 13.5 Å². The minimum atomic E-state index is -1.66. The number of aryl methyl sites for hydroxylation is 1. The summed E-state index contributed by atoms with van der Waals surface area (Å²) in [7, 11) is 1.26. The first-order valence-corrected chi connectivity index (χ1v) is 11.6. The number of nitrogens with two attached hydrogens (primary N) is 1. The maximum absolute atomic E-state index is 13.3. The number of amides is 1. The monoisotopic (exact) mass is 512 g/mol. The van der Waals surface area contributed by atoms with Gasteiger partial charge in [-0.05, 0) is 29.0 Å². The molecule has 0 aliphatic heterocycles. The third-order valence-corrected chi connectivity index (χ3v) is 5.84. The number of carbonyl (C=O) groups excluding carboxylic acids is 5. The van der Waals surface area contributed by atoms with Crippen LogP contribution in [0.2, 0.25) is 0 Å². The lowest BCUT2D eigenvalue weighted by molar-refractivity contribution is -0.143. The number of carbonyl (C=O) groups is 5. The number of esters is 2. The molecule has 10 nitrogen and oxygen atoms in total. The fraction of sp³-hybridized carbons (Fsp3) is 0.370. The quantitative estimate of drug-likeness (QED) is 0.211. The largest absolute Gasteiger partial charge is 0.516 e. The molecule has 0 saturated carbocycles. The molecular weight excluding hydrogens is 480 g/mol. The Kier molecular flexibility index (Phi) is 10.1. The number of ether oxygens (including phenoxy) is 3. The average Bonchev–Trinajstić information content (AvgIpc) is 2.85. The third-order valence-electron chi connectivity index (χ3n) is 5.84. The molecule has 0 spiro atoms. The van der Waals surface area contributed by atoms with Gasteiger partial charge in [0, 0.05) is 17.5 Å². The molecule has 0 radical (unpaired) electrons. The van der Waals surface area contributed by atoms with Gasteiger partial charge in [0.1, 0.15) is 18.6 Å². The van der Waals surface area contributed by atoms with Crippen LogP contribution >= 0.6 is 0 Å². The predicted octanol–water partition coefficient (Wildman–Crippen LogP) is 3.31. The van der Waals surface area contributed by atoms with E-state index in [2.05, 4.69) is 10.1 Å². The molecule has 0 aliphatic carbocycles. The number of benzene rings is 2. The summed E-state index contributed by atoms with van der Waals surface area (Å²) >= 11 is 0. The summed E-state index contributed by atoms with van der Waals surface area (Å²) in [5.41, 5.74) is 5.51. The SMILES string of the molecule is COC(=O)CCc1ccc(C=O)cc1C(=O)N[C@@](N)(CC(=O)OC(=O)OCc1ccccc1)C(C)(C)C. The van der Waals surface area contributed by atoms with E-state index in [9.17, 15) is 24.0 Å². The number of aldehydes is 1. The highest BCUT2D eigenvalue weighted by Crippen LogP contribution is 2.30. The van der Waals surface area contributed by atoms with Crippen LogP contribution < -0.4 is 11.1 Å². The van der Waals surface area contributed by atoms with E-state index in [1.165, 1.54) is 19.2 Å². The molecule has 3 N–H and O–H groups in total. The summed E-state index contributed by atoms with van der Waals surface area (Å²) in [6, 6.07) is 13.3. The van der Waals surface area contributed by atoms with Gasteiger partial charge < -0.3 is 25.3 Å². The van der Waals surface area contributed by atoms with Gasteiger partial charge in [-0.25, -0.2) is 4.79 Å². The van der Waals surface area contributed by atoms with Crippen LogP contribution in [0, 0.1) is 5.41 Å². The van der Waals surface area contributed by atoms with Gasteiger partial charge in [0.15, 0.2) is 0 Å². The molecular formula is C27H32N2O8. The van der Waals surface area contributed by atoms with Crippen molar-refractivity contribution in [2.75, 3.05) is 7.11 Å². The van der Waals surface area contributed by atoms with Crippen molar-refractivity contribution in [1.29, 1.82) is 0 Å². The lowest BCUT2D eigenvalue weighted by Crippen LogP contribution is -2.65. The zero-order valence-corrected chi connectivity index (χ0v) is 21.4. The molecule has 2 aromatic rings. The summed E-state index contributed by atoms with van der Waals surface area (Å²) in [5, 5.41) is 2.66. The van der Waals surface area contributed by atoms with Gasteiger partial charge in [-0.1, -0.05) is 63.2 Å². The van der Waals surface area contributed by atoms with E-state index in [4.69, 9.17) is 15.2 Å². The number of rotatable bonds is 10. The van der Waals surface area contributed by atoms with E-state index in [0.717, 1.165) is 0 Å². The molecule has 2 rings (SSSR count). The highest BCUT2D eigenvalue weighted by Gasteiger charge is 2.43. The summed E-state index contributed by atoms with van der Waals surface area (Å²) in [4.78, 5) is 60.8. The molecule has 1 atom stereocenters. The normalized spacial score (nSPS) is 12.6. The molecule has 0 fully saturated rings. The lowest BCUT2D eigenvalue weighted by atomic mass is 9.78. The Hall–Kier alpha value is -4.05. The fourth-order valence-electron chi connectivity index (χ4n) is 3.30. The number of hydrogen-bond donors (Lipinski definition) is 2. The van der Waals surface area contributed by atoms with Gasteiger partial charge in [0.2, 0.25) is 0 Å². The zero-order chi connectivity index (χ0) is 27.6. The molecule has 0 aliphatic rings. The van der Waals surface area contributed by atoms with E-state index < -0.39 is 41.5 Å². The van der Waals surface area contributed by atoms with Crippen molar-refractivity contribution in [1.82, 2.24) is 5.32 Å². The third kappa shape index (κ3) is 8.53. The molecule has 198 valence electrons. The first kappa shape index (κ1) is 29.2. The van der Waals surface area contributed by atoms with E-state index in [0.29, 0.717) is 17.4 Å². The Morgan fingerprint density at radius 2 is 1.68 bits per heavy atom. The van der Waals surface area contributed by atoms with Crippen molar-refractivity contribution < 1.29 is 38.2 Å². The van der Waals surface area contributed by atoms with Crippen LogP contribution in [0.15, 0.2) is 48.5 Å². The van der Waals surface area contributed by atoms with Crippen molar-refractivity contribution >= 4 is 30.3 Å². The molecule has 2 aromatic carbocycles. The summed E-state index contributed by atoms with van der Waals surface area (Å²) < 4.78 is 14.4. The van der Waals surface area contributed by atoms with Gasteiger partial charge in [-0.3, -0.25) is 19.2 Å². The van der Waals surface area contributed by atoms with Crippen LogP contribution in [0.3, 0.4) is 0 Å². The van der Waals surface area contributed by atoms with Crippen molar-refractivity contribution in [3.63, 3.8) is 0 Å².